The second kappa shape index (κ2) is 5.90. The first-order valence-electron chi connectivity index (χ1n) is 5.53. The monoisotopic (exact) mass is 269 g/mol. The SMILES string of the molecule is CSc1nc(N)cc(NCC(=O)NC(C)(C)C)n1. The normalized spacial score (nSPS) is 11.1. The van der Waals surface area contributed by atoms with Gasteiger partial charge in [0, 0.05) is 11.6 Å². The molecule has 0 fully saturated rings. The standard InChI is InChI=1S/C11H19N5OS/c1-11(2,3)16-9(17)6-13-8-5-7(12)14-10(15-8)18-4/h5H,6H2,1-4H3,(H,16,17)(H3,12,13,14,15). The van der Waals surface area contributed by atoms with Crippen molar-refractivity contribution in [1.82, 2.24) is 15.3 Å². The van der Waals surface area contributed by atoms with Gasteiger partial charge >= 0.3 is 0 Å². The van der Waals surface area contributed by atoms with Crippen LogP contribution in [0.3, 0.4) is 0 Å². The number of nitrogens with one attached hydrogen (secondary N) is 2. The first kappa shape index (κ1) is 14.6. The number of amides is 1. The minimum atomic E-state index is -0.242. The molecule has 100 valence electrons. The molecule has 0 saturated heterocycles. The van der Waals surface area contributed by atoms with Crippen LogP contribution >= 0.6 is 11.8 Å². The highest BCUT2D eigenvalue weighted by molar-refractivity contribution is 7.98. The molecule has 1 aromatic heterocycles. The second-order valence-electron chi connectivity index (χ2n) is 4.82. The summed E-state index contributed by atoms with van der Waals surface area (Å²) in [5.74, 6) is 0.842. The van der Waals surface area contributed by atoms with Gasteiger partial charge in [-0.15, -0.1) is 0 Å². The van der Waals surface area contributed by atoms with Gasteiger partial charge in [-0.3, -0.25) is 4.79 Å². The predicted molar refractivity (Wildman–Crippen MR) is 74.6 cm³/mol. The molecule has 4 N–H and O–H groups in total. The van der Waals surface area contributed by atoms with Gasteiger partial charge in [0.25, 0.3) is 0 Å². The van der Waals surface area contributed by atoms with Gasteiger partial charge in [-0.1, -0.05) is 11.8 Å². The van der Waals surface area contributed by atoms with Crippen LogP contribution in [0.25, 0.3) is 0 Å². The van der Waals surface area contributed by atoms with Crippen LogP contribution in [0.15, 0.2) is 11.2 Å². The molecule has 1 amide bonds. The number of hydrogen-bond acceptors (Lipinski definition) is 6. The minimum Gasteiger partial charge on any atom is -0.383 e. The van der Waals surface area contributed by atoms with Crippen molar-refractivity contribution in [3.63, 3.8) is 0 Å². The summed E-state index contributed by atoms with van der Waals surface area (Å²) in [5, 5.41) is 6.35. The number of carbonyl (C=O) groups is 1. The second-order valence-corrected chi connectivity index (χ2v) is 5.59. The van der Waals surface area contributed by atoms with Crippen LogP contribution in [0.5, 0.6) is 0 Å². The van der Waals surface area contributed by atoms with E-state index < -0.39 is 0 Å². The van der Waals surface area contributed by atoms with E-state index >= 15 is 0 Å². The van der Waals surface area contributed by atoms with Gasteiger partial charge in [0.1, 0.15) is 11.6 Å². The van der Waals surface area contributed by atoms with Crippen molar-refractivity contribution in [2.75, 3.05) is 23.9 Å². The summed E-state index contributed by atoms with van der Waals surface area (Å²) < 4.78 is 0. The van der Waals surface area contributed by atoms with E-state index in [-0.39, 0.29) is 18.0 Å². The van der Waals surface area contributed by atoms with Gasteiger partial charge in [0.15, 0.2) is 5.16 Å². The van der Waals surface area contributed by atoms with Crippen LogP contribution in [0.1, 0.15) is 20.8 Å². The summed E-state index contributed by atoms with van der Waals surface area (Å²) in [6.07, 6.45) is 1.87. The van der Waals surface area contributed by atoms with Gasteiger partial charge in [0.05, 0.1) is 6.54 Å². The van der Waals surface area contributed by atoms with Crippen molar-refractivity contribution in [2.45, 2.75) is 31.5 Å². The van der Waals surface area contributed by atoms with E-state index in [1.807, 2.05) is 27.0 Å². The minimum absolute atomic E-state index is 0.0922. The molecule has 1 aromatic rings. The first-order chi connectivity index (χ1) is 8.30. The van der Waals surface area contributed by atoms with E-state index in [9.17, 15) is 4.79 Å². The number of carbonyl (C=O) groups excluding carboxylic acids is 1. The number of nitrogen functional groups attached to an aromatic ring is 1. The maximum Gasteiger partial charge on any atom is 0.239 e. The van der Waals surface area contributed by atoms with Crippen molar-refractivity contribution in [2.24, 2.45) is 0 Å². The highest BCUT2D eigenvalue weighted by Crippen LogP contribution is 2.14. The zero-order valence-electron chi connectivity index (χ0n) is 11.1. The Hall–Kier alpha value is -1.50. The number of thioether (sulfide) groups is 1. The van der Waals surface area contributed by atoms with Crippen molar-refractivity contribution < 1.29 is 4.79 Å². The largest absolute Gasteiger partial charge is 0.383 e. The van der Waals surface area contributed by atoms with Crippen molar-refractivity contribution in [1.29, 1.82) is 0 Å². The average molecular weight is 269 g/mol. The lowest BCUT2D eigenvalue weighted by Gasteiger charge is -2.20. The van der Waals surface area contributed by atoms with Crippen LogP contribution in [0.4, 0.5) is 11.6 Å². The average Bonchev–Trinajstić information content (AvgIpc) is 2.23. The van der Waals surface area contributed by atoms with Gasteiger partial charge < -0.3 is 16.4 Å². The fraction of sp³-hybridized carbons (Fsp3) is 0.545. The fourth-order valence-corrected chi connectivity index (χ4v) is 1.64. The summed E-state index contributed by atoms with van der Waals surface area (Å²) in [6, 6.07) is 1.60. The van der Waals surface area contributed by atoms with Crippen LogP contribution in [0.2, 0.25) is 0 Å². The molecule has 0 unspecified atom stereocenters. The topological polar surface area (TPSA) is 92.9 Å². The Morgan fingerprint density at radius 1 is 1.44 bits per heavy atom. The Balaban J connectivity index is 2.58. The van der Waals surface area contributed by atoms with Gasteiger partial charge in [0.2, 0.25) is 5.91 Å². The van der Waals surface area contributed by atoms with Crippen molar-refractivity contribution >= 4 is 29.3 Å². The molecular weight excluding hydrogens is 250 g/mol. The van der Waals surface area contributed by atoms with Crippen molar-refractivity contribution in [3.8, 4) is 0 Å². The van der Waals surface area contributed by atoms with Crippen LogP contribution in [-0.4, -0.2) is 34.2 Å². The zero-order chi connectivity index (χ0) is 13.8. The molecule has 0 aromatic carbocycles. The molecule has 0 aliphatic carbocycles. The number of hydrogen-bond donors (Lipinski definition) is 3. The van der Waals surface area contributed by atoms with Crippen LogP contribution < -0.4 is 16.4 Å². The third kappa shape index (κ3) is 5.22. The van der Waals surface area contributed by atoms with Crippen molar-refractivity contribution in [3.05, 3.63) is 6.07 Å². The Kier molecular flexibility index (Phi) is 4.77. The fourth-order valence-electron chi connectivity index (χ4n) is 1.26. The molecule has 0 atom stereocenters. The van der Waals surface area contributed by atoms with E-state index in [2.05, 4.69) is 20.6 Å². The molecule has 0 saturated carbocycles. The van der Waals surface area contributed by atoms with Crippen LogP contribution in [0, 0.1) is 0 Å². The predicted octanol–water partition coefficient (Wildman–Crippen LogP) is 1.11. The smallest absolute Gasteiger partial charge is 0.239 e. The summed E-state index contributed by atoms with van der Waals surface area (Å²) >= 11 is 1.40. The van der Waals surface area contributed by atoms with E-state index in [1.54, 1.807) is 6.07 Å². The lowest BCUT2D eigenvalue weighted by molar-refractivity contribution is -0.120. The molecule has 7 heteroatoms. The Morgan fingerprint density at radius 3 is 2.67 bits per heavy atom. The zero-order valence-corrected chi connectivity index (χ0v) is 11.9. The quantitative estimate of drug-likeness (QED) is 0.560. The van der Waals surface area contributed by atoms with E-state index in [0.717, 1.165) is 0 Å². The molecule has 1 rings (SSSR count). The number of anilines is 2. The van der Waals surface area contributed by atoms with E-state index in [1.165, 1.54) is 11.8 Å². The molecule has 6 nitrogen and oxygen atoms in total. The Bertz CT molecular complexity index is 430. The van der Waals surface area contributed by atoms with Gasteiger partial charge in [-0.25, -0.2) is 9.97 Å². The molecule has 0 aliphatic rings. The molecule has 0 spiro atoms. The third-order valence-corrected chi connectivity index (χ3v) is 2.40. The molecule has 0 radical (unpaired) electrons. The summed E-state index contributed by atoms with van der Waals surface area (Å²) in [7, 11) is 0. The summed E-state index contributed by atoms with van der Waals surface area (Å²) in [6.45, 7) is 5.94. The number of aromatic nitrogens is 2. The van der Waals surface area contributed by atoms with Gasteiger partial charge in [-0.05, 0) is 27.0 Å². The number of rotatable bonds is 4. The maximum atomic E-state index is 11.6. The molecule has 0 aliphatic heterocycles. The maximum absolute atomic E-state index is 11.6. The van der Waals surface area contributed by atoms with E-state index in [4.69, 9.17) is 5.73 Å². The highest BCUT2D eigenvalue weighted by atomic mass is 32.2. The third-order valence-electron chi connectivity index (χ3n) is 1.85. The highest BCUT2D eigenvalue weighted by Gasteiger charge is 2.13. The number of nitrogens with two attached hydrogens (primary N) is 1. The molecule has 1 heterocycles. The Morgan fingerprint density at radius 2 is 2.11 bits per heavy atom. The number of nitrogens with zero attached hydrogens (tertiary/aromatic N) is 2. The van der Waals surface area contributed by atoms with Gasteiger partial charge in [-0.2, -0.15) is 0 Å². The first-order valence-corrected chi connectivity index (χ1v) is 6.76. The summed E-state index contributed by atoms with van der Waals surface area (Å²) in [4.78, 5) is 19.8. The van der Waals surface area contributed by atoms with Crippen LogP contribution in [-0.2, 0) is 4.79 Å². The molecule has 18 heavy (non-hydrogen) atoms. The molecular formula is C11H19N5OS. The summed E-state index contributed by atoms with van der Waals surface area (Å²) in [5.41, 5.74) is 5.40. The Labute approximate surface area is 111 Å². The van der Waals surface area contributed by atoms with E-state index in [0.29, 0.717) is 16.8 Å². The lowest BCUT2D eigenvalue weighted by atomic mass is 10.1. The lowest BCUT2D eigenvalue weighted by Crippen LogP contribution is -2.43. The molecule has 0 bridgehead atoms.